The zero-order valence-electron chi connectivity index (χ0n) is 23.3. The normalized spacial score (nSPS) is 28.7. The number of piperidine rings is 1. The van der Waals surface area contributed by atoms with Crippen LogP contribution in [0.1, 0.15) is 37.7 Å². The van der Waals surface area contributed by atoms with Crippen LogP contribution < -0.4 is 0 Å². The zero-order valence-corrected chi connectivity index (χ0v) is 25.7. The number of benzene rings is 1. The number of morpholine rings is 1. The summed E-state index contributed by atoms with van der Waals surface area (Å²) >= 11 is 11.2. The molecule has 0 aromatic heterocycles. The molecule has 1 aliphatic carbocycles. The number of ether oxygens (including phenoxy) is 1. The molecule has 2 amide bonds. The summed E-state index contributed by atoms with van der Waals surface area (Å²) < 4.78 is 25.5. The second-order valence-electron chi connectivity index (χ2n) is 11.9. The number of likely N-dealkylation sites (tertiary alicyclic amines) is 2. The van der Waals surface area contributed by atoms with Crippen LogP contribution in [0.25, 0.3) is 0 Å². The van der Waals surface area contributed by atoms with Crippen LogP contribution >= 0.6 is 23.2 Å². The predicted octanol–water partition coefficient (Wildman–Crippen LogP) is 2.32. The van der Waals surface area contributed by atoms with Gasteiger partial charge in [-0.05, 0) is 55.8 Å². The van der Waals surface area contributed by atoms with E-state index in [1.54, 1.807) is 11.1 Å². The number of carbonyl (C=O) groups is 2. The van der Waals surface area contributed by atoms with Crippen LogP contribution in [-0.2, 0) is 35.3 Å². The lowest BCUT2D eigenvalue weighted by Gasteiger charge is -2.49. The maximum atomic E-state index is 14.0. The highest BCUT2D eigenvalue weighted by Crippen LogP contribution is 2.43. The van der Waals surface area contributed by atoms with E-state index in [1.807, 2.05) is 16.4 Å². The zero-order chi connectivity index (χ0) is 28.6. The first-order valence-electron chi connectivity index (χ1n) is 14.8. The van der Waals surface area contributed by atoms with Gasteiger partial charge >= 0.3 is 0 Å². The Kier molecular flexibility index (Phi) is 9.36. The van der Waals surface area contributed by atoms with Crippen molar-refractivity contribution in [3.63, 3.8) is 0 Å². The Labute approximate surface area is 254 Å². The molecule has 6 rings (SSSR count). The molecule has 1 unspecified atom stereocenters. The first kappa shape index (κ1) is 29.9. The number of amides is 2. The minimum atomic E-state index is -1.48. The van der Waals surface area contributed by atoms with E-state index in [2.05, 4.69) is 9.80 Å². The van der Waals surface area contributed by atoms with Gasteiger partial charge in [-0.1, -0.05) is 29.3 Å². The fraction of sp³-hybridized carbons (Fsp3) is 0.714. The maximum Gasteiger partial charge on any atom is 0.255 e. The average molecular weight is 629 g/mol. The van der Waals surface area contributed by atoms with E-state index in [1.165, 1.54) is 4.90 Å². The van der Waals surface area contributed by atoms with Gasteiger partial charge in [-0.3, -0.25) is 19.4 Å². The minimum absolute atomic E-state index is 0.0583. The van der Waals surface area contributed by atoms with E-state index in [-0.39, 0.29) is 11.8 Å². The predicted molar refractivity (Wildman–Crippen MR) is 156 cm³/mol. The van der Waals surface area contributed by atoms with Crippen LogP contribution in [0.2, 0.25) is 10.0 Å². The van der Waals surface area contributed by atoms with Gasteiger partial charge < -0.3 is 9.64 Å². The van der Waals surface area contributed by atoms with Gasteiger partial charge in [0.25, 0.3) is 11.3 Å². The molecule has 5 fully saturated rings. The van der Waals surface area contributed by atoms with Gasteiger partial charge in [-0.25, -0.2) is 4.21 Å². The Morgan fingerprint density at radius 2 is 1.73 bits per heavy atom. The Morgan fingerprint density at radius 1 is 1.00 bits per heavy atom. The van der Waals surface area contributed by atoms with Crippen molar-refractivity contribution in [2.45, 2.75) is 43.6 Å². The smallest absolute Gasteiger partial charge is 0.255 e. The lowest BCUT2D eigenvalue weighted by Crippen LogP contribution is -2.64. The van der Waals surface area contributed by atoms with Crippen molar-refractivity contribution in [2.75, 3.05) is 78.7 Å². The molecule has 10 nitrogen and oxygen atoms in total. The van der Waals surface area contributed by atoms with Crippen molar-refractivity contribution < 1.29 is 22.8 Å². The van der Waals surface area contributed by atoms with Crippen LogP contribution in [0.4, 0.5) is 0 Å². The molecule has 0 spiro atoms. The molecule has 0 radical (unpaired) electrons. The number of hydroxylamine groups is 2. The molecule has 1 saturated carbocycles. The summed E-state index contributed by atoms with van der Waals surface area (Å²) in [5, 5.41) is 2.63. The maximum absolute atomic E-state index is 14.0. The van der Waals surface area contributed by atoms with Crippen molar-refractivity contribution in [2.24, 2.45) is 5.92 Å². The number of hydrogen-bond acceptors (Lipinski definition) is 8. The molecule has 41 heavy (non-hydrogen) atoms. The number of carbonyl (C=O) groups excluding carboxylic acids is 2. The second kappa shape index (κ2) is 12.8. The van der Waals surface area contributed by atoms with E-state index in [0.717, 1.165) is 51.1 Å². The van der Waals surface area contributed by atoms with Crippen molar-refractivity contribution in [1.29, 1.82) is 0 Å². The molecule has 1 aromatic carbocycles. The Bertz CT molecular complexity index is 1150. The van der Waals surface area contributed by atoms with Gasteiger partial charge in [0.05, 0.1) is 28.7 Å². The van der Waals surface area contributed by atoms with Gasteiger partial charge in [0, 0.05) is 71.4 Å². The van der Waals surface area contributed by atoms with Crippen LogP contribution in [0, 0.1) is 5.92 Å². The highest BCUT2D eigenvalue weighted by atomic mass is 35.5. The number of hydrogen-bond donors (Lipinski definition) is 0. The fourth-order valence-corrected chi connectivity index (χ4v) is 7.58. The number of piperazine rings is 1. The third-order valence-electron chi connectivity index (χ3n) is 9.26. The molecular weight excluding hydrogens is 589 g/mol. The van der Waals surface area contributed by atoms with Gasteiger partial charge in [-0.15, -0.1) is 0 Å². The van der Waals surface area contributed by atoms with Crippen molar-refractivity contribution >= 4 is 46.3 Å². The molecule has 4 heterocycles. The molecule has 1 aromatic rings. The SMILES string of the molecule is O=C1CC[C@](CCN2CC(N3CCN(S(=O)ON4CCOCC4)CC3)C2)(c2ccc(Cl)c(Cl)c2)C(=O)N1CC1CC1. The number of nitrogens with zero attached hydrogens (tertiary/aromatic N) is 5. The quantitative estimate of drug-likeness (QED) is 0.366. The summed E-state index contributed by atoms with van der Waals surface area (Å²) in [5.41, 5.74) is 0.0730. The first-order chi connectivity index (χ1) is 19.8. The number of imide groups is 1. The monoisotopic (exact) mass is 627 g/mol. The summed E-state index contributed by atoms with van der Waals surface area (Å²) in [6.45, 7) is 8.74. The summed E-state index contributed by atoms with van der Waals surface area (Å²) in [5.74, 6) is 0.295. The molecule has 4 saturated heterocycles. The van der Waals surface area contributed by atoms with Gasteiger partial charge in [0.2, 0.25) is 11.8 Å². The Morgan fingerprint density at radius 3 is 2.41 bits per heavy atom. The lowest BCUT2D eigenvalue weighted by molar-refractivity contribution is -0.154. The summed E-state index contributed by atoms with van der Waals surface area (Å²) in [6, 6.07) is 5.93. The van der Waals surface area contributed by atoms with Crippen LogP contribution in [0.5, 0.6) is 0 Å². The van der Waals surface area contributed by atoms with Crippen molar-refractivity contribution in [3.05, 3.63) is 33.8 Å². The third kappa shape index (κ3) is 6.68. The summed E-state index contributed by atoms with van der Waals surface area (Å²) in [7, 11) is 0. The van der Waals surface area contributed by atoms with E-state index < -0.39 is 16.7 Å². The van der Waals surface area contributed by atoms with E-state index in [9.17, 15) is 13.8 Å². The van der Waals surface area contributed by atoms with Gasteiger partial charge in [-0.2, -0.15) is 13.7 Å². The lowest BCUT2D eigenvalue weighted by atomic mass is 9.70. The summed E-state index contributed by atoms with van der Waals surface area (Å²) in [6.07, 6.45) is 3.65. The van der Waals surface area contributed by atoms with Crippen molar-refractivity contribution in [1.82, 2.24) is 24.1 Å². The van der Waals surface area contributed by atoms with E-state index in [4.69, 9.17) is 32.2 Å². The highest BCUT2D eigenvalue weighted by molar-refractivity contribution is 7.77. The van der Waals surface area contributed by atoms with E-state index in [0.29, 0.717) is 87.2 Å². The molecule has 4 aliphatic heterocycles. The Balaban J connectivity index is 1.03. The molecular formula is C28H39Cl2N5O5S. The number of halogens is 2. The Hall–Kier alpha value is -1.15. The average Bonchev–Trinajstić information content (AvgIpc) is 3.78. The third-order valence-corrected chi connectivity index (χ3v) is 11.1. The van der Waals surface area contributed by atoms with Crippen molar-refractivity contribution in [3.8, 4) is 0 Å². The minimum Gasteiger partial charge on any atom is -0.379 e. The molecule has 13 heteroatoms. The fourth-order valence-electron chi connectivity index (χ4n) is 6.40. The van der Waals surface area contributed by atoms with Crippen LogP contribution in [-0.4, -0.2) is 125 Å². The van der Waals surface area contributed by atoms with Gasteiger partial charge in [0.15, 0.2) is 0 Å². The topological polar surface area (TPSA) is 85.9 Å². The van der Waals surface area contributed by atoms with Crippen LogP contribution in [0.15, 0.2) is 18.2 Å². The molecule has 226 valence electrons. The van der Waals surface area contributed by atoms with Gasteiger partial charge in [0.1, 0.15) is 0 Å². The van der Waals surface area contributed by atoms with E-state index >= 15 is 0 Å². The largest absolute Gasteiger partial charge is 0.379 e. The number of rotatable bonds is 10. The molecule has 0 bridgehead atoms. The molecule has 5 aliphatic rings. The summed E-state index contributed by atoms with van der Waals surface area (Å²) in [4.78, 5) is 33.2. The molecule has 2 atom stereocenters. The molecule has 0 N–H and O–H groups in total. The standard InChI is InChI=1S/C28H39Cl2N5O5S/c29-24-4-3-22(17-25(24)30)28(6-5-26(36)35(27(28)37)18-21-1-2-21)7-8-31-19-23(20-31)32-9-11-34(12-10-32)41(38)40-33-13-15-39-16-14-33/h3-4,17,21,23H,1-2,5-16,18-20H2/t28-,41?/m0/s1. The first-order valence-corrected chi connectivity index (χ1v) is 16.6. The van der Waals surface area contributed by atoms with Crippen LogP contribution in [0.3, 0.4) is 0 Å². The highest BCUT2D eigenvalue weighted by Gasteiger charge is 2.50. The second-order valence-corrected chi connectivity index (χ2v) is 13.8.